The van der Waals surface area contributed by atoms with E-state index >= 15 is 0 Å². The van der Waals surface area contributed by atoms with Crippen LogP contribution >= 0.6 is 0 Å². The summed E-state index contributed by atoms with van der Waals surface area (Å²) in [5.74, 6) is -0.0882. The molecule has 0 spiro atoms. The molecule has 0 aromatic heterocycles. The van der Waals surface area contributed by atoms with E-state index in [1.54, 1.807) is 6.07 Å². The van der Waals surface area contributed by atoms with Gasteiger partial charge < -0.3 is 5.32 Å². The summed E-state index contributed by atoms with van der Waals surface area (Å²) < 4.78 is 13.5. The van der Waals surface area contributed by atoms with Crippen molar-refractivity contribution >= 4 is 0 Å². The van der Waals surface area contributed by atoms with Crippen molar-refractivity contribution in [3.05, 3.63) is 35.6 Å². The van der Waals surface area contributed by atoms with E-state index in [0.717, 1.165) is 31.7 Å². The van der Waals surface area contributed by atoms with Crippen molar-refractivity contribution in [3.63, 3.8) is 0 Å². The van der Waals surface area contributed by atoms with Crippen LogP contribution in [0.25, 0.3) is 0 Å². The molecule has 1 fully saturated rings. The first kappa shape index (κ1) is 12.5. The van der Waals surface area contributed by atoms with Gasteiger partial charge in [-0.15, -0.1) is 0 Å². The molecule has 1 aromatic rings. The van der Waals surface area contributed by atoms with Gasteiger partial charge in [0.25, 0.3) is 0 Å². The number of halogens is 1. The maximum Gasteiger partial charge on any atom is 0.127 e. The van der Waals surface area contributed by atoms with Crippen LogP contribution in [0.5, 0.6) is 0 Å². The quantitative estimate of drug-likeness (QED) is 0.862. The minimum Gasteiger partial charge on any atom is -0.319 e. The Morgan fingerprint density at radius 1 is 1.41 bits per heavy atom. The van der Waals surface area contributed by atoms with Gasteiger partial charge in [0.2, 0.25) is 0 Å². The molecule has 1 N–H and O–H groups in total. The largest absolute Gasteiger partial charge is 0.319 e. The van der Waals surface area contributed by atoms with Crippen LogP contribution in [0.15, 0.2) is 24.3 Å². The van der Waals surface area contributed by atoms with E-state index in [4.69, 9.17) is 0 Å². The van der Waals surface area contributed by atoms with Crippen LogP contribution < -0.4 is 5.32 Å². The van der Waals surface area contributed by atoms with Gasteiger partial charge in [-0.3, -0.25) is 4.90 Å². The fourth-order valence-electron chi connectivity index (χ4n) is 2.70. The first-order chi connectivity index (χ1) is 8.13. The number of nitrogens with one attached hydrogen (secondary N) is 1. The van der Waals surface area contributed by atoms with Gasteiger partial charge in [0.05, 0.1) is 0 Å². The summed E-state index contributed by atoms with van der Waals surface area (Å²) >= 11 is 0. The van der Waals surface area contributed by atoms with Crippen LogP contribution in [-0.4, -0.2) is 31.6 Å². The molecule has 17 heavy (non-hydrogen) atoms. The van der Waals surface area contributed by atoms with E-state index < -0.39 is 0 Å². The maximum atomic E-state index is 13.5. The molecule has 1 aliphatic rings. The second kappa shape index (κ2) is 5.15. The zero-order valence-electron chi connectivity index (χ0n) is 10.7. The average Bonchev–Trinajstić information content (AvgIpc) is 2.64. The number of nitrogens with zero attached hydrogens (tertiary/aromatic N) is 1. The fraction of sp³-hybridized carbons (Fsp3) is 0.571. The summed E-state index contributed by atoms with van der Waals surface area (Å²) in [6.07, 6.45) is 1.18. The van der Waals surface area contributed by atoms with Crippen LogP contribution in [0.4, 0.5) is 4.39 Å². The van der Waals surface area contributed by atoms with Crippen LogP contribution in [0.2, 0.25) is 0 Å². The predicted octanol–water partition coefficient (Wildman–Crippen LogP) is 2.26. The number of hydrogen-bond donors (Lipinski definition) is 1. The predicted molar refractivity (Wildman–Crippen MR) is 68.3 cm³/mol. The minimum absolute atomic E-state index is 0.0882. The Hall–Kier alpha value is -0.930. The van der Waals surface area contributed by atoms with E-state index in [1.807, 2.05) is 19.2 Å². The lowest BCUT2D eigenvalue weighted by Gasteiger charge is -2.24. The molecule has 0 amide bonds. The van der Waals surface area contributed by atoms with E-state index in [-0.39, 0.29) is 5.82 Å². The monoisotopic (exact) mass is 236 g/mol. The summed E-state index contributed by atoms with van der Waals surface area (Å²) in [4.78, 5) is 2.34. The molecular weight excluding hydrogens is 215 g/mol. The van der Waals surface area contributed by atoms with Gasteiger partial charge in [-0.2, -0.15) is 0 Å². The third-order valence-corrected chi connectivity index (χ3v) is 3.59. The minimum atomic E-state index is -0.0882. The van der Waals surface area contributed by atoms with E-state index in [9.17, 15) is 4.39 Å². The number of likely N-dealkylation sites (tertiary alicyclic amines) is 1. The summed E-state index contributed by atoms with van der Waals surface area (Å²) in [5, 5.41) is 3.25. The first-order valence-electron chi connectivity index (χ1n) is 6.23. The molecule has 1 atom stereocenters. The highest BCUT2D eigenvalue weighted by Crippen LogP contribution is 2.30. The number of benzene rings is 1. The lowest BCUT2D eigenvalue weighted by atomic mass is 9.90. The van der Waals surface area contributed by atoms with Crippen molar-refractivity contribution in [1.82, 2.24) is 10.2 Å². The molecule has 94 valence electrons. The van der Waals surface area contributed by atoms with Crippen LogP contribution in [0.1, 0.15) is 18.9 Å². The van der Waals surface area contributed by atoms with Gasteiger partial charge in [-0.25, -0.2) is 4.39 Å². The molecule has 0 radical (unpaired) electrons. The van der Waals surface area contributed by atoms with Crippen LogP contribution in [0.3, 0.4) is 0 Å². The molecule has 0 aliphatic carbocycles. The van der Waals surface area contributed by atoms with E-state index in [1.165, 1.54) is 12.5 Å². The molecule has 1 heterocycles. The summed E-state index contributed by atoms with van der Waals surface area (Å²) in [6.45, 7) is 6.16. The zero-order chi connectivity index (χ0) is 12.3. The Morgan fingerprint density at radius 3 is 2.88 bits per heavy atom. The highest BCUT2D eigenvalue weighted by atomic mass is 19.1. The lowest BCUT2D eigenvalue weighted by Crippen LogP contribution is -2.33. The molecule has 3 heteroatoms. The molecule has 1 aliphatic heterocycles. The Labute approximate surface area is 103 Å². The topological polar surface area (TPSA) is 15.3 Å². The summed E-state index contributed by atoms with van der Waals surface area (Å²) in [5.41, 5.74) is 1.14. The second-order valence-electron chi connectivity index (χ2n) is 5.39. The van der Waals surface area contributed by atoms with Crippen molar-refractivity contribution in [2.75, 3.05) is 26.7 Å². The zero-order valence-corrected chi connectivity index (χ0v) is 10.7. The summed E-state index contributed by atoms with van der Waals surface area (Å²) in [6, 6.07) is 7.07. The van der Waals surface area contributed by atoms with E-state index in [2.05, 4.69) is 17.1 Å². The Morgan fingerprint density at radius 2 is 2.18 bits per heavy atom. The molecule has 0 saturated carbocycles. The molecule has 2 rings (SSSR count). The first-order valence-corrected chi connectivity index (χ1v) is 6.23. The van der Waals surface area contributed by atoms with Crippen molar-refractivity contribution in [1.29, 1.82) is 0 Å². The van der Waals surface area contributed by atoms with Gasteiger partial charge >= 0.3 is 0 Å². The Bertz CT molecular complexity index is 380. The molecule has 2 nitrogen and oxygen atoms in total. The second-order valence-corrected chi connectivity index (χ2v) is 5.39. The third kappa shape index (κ3) is 3.05. The van der Waals surface area contributed by atoms with Crippen molar-refractivity contribution in [2.24, 2.45) is 5.41 Å². The molecule has 1 unspecified atom stereocenters. The van der Waals surface area contributed by atoms with Crippen LogP contribution in [-0.2, 0) is 6.54 Å². The lowest BCUT2D eigenvalue weighted by molar-refractivity contribution is 0.263. The molecular formula is C14H21FN2. The van der Waals surface area contributed by atoms with Crippen molar-refractivity contribution < 1.29 is 4.39 Å². The number of rotatable bonds is 4. The number of hydrogen-bond acceptors (Lipinski definition) is 2. The maximum absolute atomic E-state index is 13.5. The molecule has 1 aromatic carbocycles. The Balaban J connectivity index is 1.96. The van der Waals surface area contributed by atoms with Gasteiger partial charge in [0.1, 0.15) is 5.82 Å². The highest BCUT2D eigenvalue weighted by Gasteiger charge is 2.33. The standard InChI is InChI=1S/C14H21FN2/c1-14(10-16-2)7-8-17(11-14)9-12-5-3-4-6-13(12)15/h3-6,16H,7-11H2,1-2H3. The smallest absolute Gasteiger partial charge is 0.127 e. The fourth-order valence-corrected chi connectivity index (χ4v) is 2.70. The van der Waals surface area contributed by atoms with Gasteiger partial charge in [0, 0.05) is 25.2 Å². The van der Waals surface area contributed by atoms with E-state index in [0.29, 0.717) is 5.41 Å². The summed E-state index contributed by atoms with van der Waals surface area (Å²) in [7, 11) is 1.99. The van der Waals surface area contributed by atoms with Gasteiger partial charge in [0.15, 0.2) is 0 Å². The van der Waals surface area contributed by atoms with Crippen LogP contribution in [0, 0.1) is 11.2 Å². The SMILES string of the molecule is CNCC1(C)CCN(Cc2ccccc2F)C1. The highest BCUT2D eigenvalue weighted by molar-refractivity contribution is 5.17. The Kier molecular flexibility index (Phi) is 3.79. The molecule has 1 saturated heterocycles. The van der Waals surface area contributed by atoms with Gasteiger partial charge in [-0.05, 0) is 31.5 Å². The third-order valence-electron chi connectivity index (χ3n) is 3.59. The normalized spacial score (nSPS) is 25.4. The average molecular weight is 236 g/mol. The molecule has 0 bridgehead atoms. The van der Waals surface area contributed by atoms with Gasteiger partial charge in [-0.1, -0.05) is 25.1 Å². The van der Waals surface area contributed by atoms with Crippen molar-refractivity contribution in [2.45, 2.75) is 19.9 Å². The van der Waals surface area contributed by atoms with Crippen molar-refractivity contribution in [3.8, 4) is 0 Å².